The monoisotopic (exact) mass is 447 g/mol. The molecule has 0 spiro atoms. The summed E-state index contributed by atoms with van der Waals surface area (Å²) in [6.07, 6.45) is 2.81. The standard InChI is InChI=1S/C24H25N5O2S/c1-17-11-13-18(14-12-17)20-16-32-24-27-23(28-29(20)24)26-21(30)10-6-3-7-15-25-22(31)19-8-4-2-5-9-19/h2,4-5,8-9,11-14,16H,3,6-7,10,15H2,1H3,(H,25,31)(H,26,28,30). The Morgan fingerprint density at radius 1 is 1.00 bits per heavy atom. The zero-order valence-corrected chi connectivity index (χ0v) is 18.7. The van der Waals surface area contributed by atoms with E-state index in [0.717, 1.165) is 35.5 Å². The van der Waals surface area contributed by atoms with E-state index < -0.39 is 0 Å². The largest absolute Gasteiger partial charge is 0.352 e. The van der Waals surface area contributed by atoms with Crippen LogP contribution in [0.3, 0.4) is 0 Å². The molecule has 4 aromatic rings. The van der Waals surface area contributed by atoms with Crippen LogP contribution in [-0.2, 0) is 4.79 Å². The first-order valence-electron chi connectivity index (χ1n) is 10.6. The van der Waals surface area contributed by atoms with Crippen LogP contribution in [-0.4, -0.2) is 33.0 Å². The quantitative estimate of drug-likeness (QED) is 0.364. The fourth-order valence-electron chi connectivity index (χ4n) is 3.33. The summed E-state index contributed by atoms with van der Waals surface area (Å²) in [5, 5.41) is 12.2. The van der Waals surface area contributed by atoms with Gasteiger partial charge in [0.05, 0.1) is 5.69 Å². The summed E-state index contributed by atoms with van der Waals surface area (Å²) < 4.78 is 1.76. The van der Waals surface area contributed by atoms with E-state index in [1.54, 1.807) is 16.6 Å². The van der Waals surface area contributed by atoms with E-state index in [0.29, 0.717) is 24.5 Å². The van der Waals surface area contributed by atoms with Gasteiger partial charge in [-0.15, -0.1) is 16.4 Å². The molecule has 0 aliphatic heterocycles. The number of hydrogen-bond acceptors (Lipinski definition) is 5. The molecule has 0 atom stereocenters. The molecule has 2 amide bonds. The van der Waals surface area contributed by atoms with Crippen molar-refractivity contribution >= 4 is 34.1 Å². The van der Waals surface area contributed by atoms with Crippen molar-refractivity contribution in [3.8, 4) is 11.3 Å². The van der Waals surface area contributed by atoms with Crippen LogP contribution < -0.4 is 10.6 Å². The second-order valence-electron chi connectivity index (χ2n) is 7.60. The SMILES string of the molecule is Cc1ccc(-c2csc3nc(NC(=O)CCCCCNC(=O)c4ccccc4)nn23)cc1. The summed E-state index contributed by atoms with van der Waals surface area (Å²) in [7, 11) is 0. The molecule has 2 heterocycles. The van der Waals surface area contributed by atoms with Crippen molar-refractivity contribution in [2.75, 3.05) is 11.9 Å². The number of benzene rings is 2. The maximum Gasteiger partial charge on any atom is 0.251 e. The molecule has 164 valence electrons. The highest BCUT2D eigenvalue weighted by Crippen LogP contribution is 2.26. The number of fused-ring (bicyclic) bond motifs is 1. The molecule has 2 N–H and O–H groups in total. The number of nitrogens with zero attached hydrogens (tertiary/aromatic N) is 3. The van der Waals surface area contributed by atoms with Crippen molar-refractivity contribution in [3.05, 3.63) is 71.1 Å². The lowest BCUT2D eigenvalue weighted by Gasteiger charge is -2.05. The number of aromatic nitrogens is 3. The summed E-state index contributed by atoms with van der Waals surface area (Å²) in [4.78, 5) is 29.4. The van der Waals surface area contributed by atoms with E-state index in [2.05, 4.69) is 51.9 Å². The highest BCUT2D eigenvalue weighted by Gasteiger charge is 2.13. The number of carbonyl (C=O) groups excluding carboxylic acids is 2. The van der Waals surface area contributed by atoms with Gasteiger partial charge in [0.25, 0.3) is 5.91 Å². The van der Waals surface area contributed by atoms with Crippen molar-refractivity contribution in [3.63, 3.8) is 0 Å². The minimum Gasteiger partial charge on any atom is -0.352 e. The summed E-state index contributed by atoms with van der Waals surface area (Å²) in [5.74, 6) is 0.151. The zero-order chi connectivity index (χ0) is 22.3. The summed E-state index contributed by atoms with van der Waals surface area (Å²) in [6.45, 7) is 2.65. The second kappa shape index (κ2) is 10.2. The minimum atomic E-state index is -0.103. The van der Waals surface area contributed by atoms with Gasteiger partial charge in [0.2, 0.25) is 16.8 Å². The lowest BCUT2D eigenvalue weighted by atomic mass is 10.1. The Bertz CT molecular complexity index is 1200. The lowest BCUT2D eigenvalue weighted by molar-refractivity contribution is -0.116. The normalized spacial score (nSPS) is 10.9. The fraction of sp³-hybridized carbons (Fsp3) is 0.250. The van der Waals surface area contributed by atoms with Crippen molar-refractivity contribution in [2.45, 2.75) is 32.6 Å². The van der Waals surface area contributed by atoms with Crippen molar-refractivity contribution < 1.29 is 9.59 Å². The van der Waals surface area contributed by atoms with Gasteiger partial charge in [-0.2, -0.15) is 4.98 Å². The molecule has 0 aliphatic carbocycles. The summed E-state index contributed by atoms with van der Waals surface area (Å²) in [5.41, 5.74) is 3.87. The molecule has 8 heteroatoms. The molecule has 7 nitrogen and oxygen atoms in total. The Morgan fingerprint density at radius 3 is 2.56 bits per heavy atom. The third-order valence-corrected chi connectivity index (χ3v) is 5.90. The Kier molecular flexibility index (Phi) is 6.91. The highest BCUT2D eigenvalue weighted by molar-refractivity contribution is 7.15. The Labute approximate surface area is 190 Å². The van der Waals surface area contributed by atoms with Gasteiger partial charge in [-0.05, 0) is 31.9 Å². The molecule has 0 unspecified atom stereocenters. The zero-order valence-electron chi connectivity index (χ0n) is 17.9. The number of rotatable bonds is 9. The van der Waals surface area contributed by atoms with Crippen LogP contribution in [0, 0.1) is 6.92 Å². The van der Waals surface area contributed by atoms with Crippen molar-refractivity contribution in [1.29, 1.82) is 0 Å². The topological polar surface area (TPSA) is 88.4 Å². The van der Waals surface area contributed by atoms with Gasteiger partial charge in [0.1, 0.15) is 0 Å². The molecular weight excluding hydrogens is 422 g/mol. The molecular formula is C24H25N5O2S. The number of nitrogens with one attached hydrogen (secondary N) is 2. The molecule has 0 saturated carbocycles. The van der Waals surface area contributed by atoms with Crippen LogP contribution in [0.15, 0.2) is 60.0 Å². The van der Waals surface area contributed by atoms with Crippen molar-refractivity contribution in [1.82, 2.24) is 19.9 Å². The molecule has 2 aromatic heterocycles. The predicted molar refractivity (Wildman–Crippen MR) is 127 cm³/mol. The molecule has 2 aromatic carbocycles. The van der Waals surface area contributed by atoms with E-state index >= 15 is 0 Å². The van der Waals surface area contributed by atoms with E-state index in [-0.39, 0.29) is 11.8 Å². The predicted octanol–water partition coefficient (Wildman–Crippen LogP) is 4.70. The maximum absolute atomic E-state index is 12.3. The van der Waals surface area contributed by atoms with Gasteiger partial charge in [0.15, 0.2) is 0 Å². The molecule has 32 heavy (non-hydrogen) atoms. The first-order valence-corrected chi connectivity index (χ1v) is 11.5. The number of carbonyl (C=O) groups is 2. The van der Waals surface area contributed by atoms with Crippen LogP contribution in [0.25, 0.3) is 16.2 Å². The first-order chi connectivity index (χ1) is 15.6. The van der Waals surface area contributed by atoms with Crippen LogP contribution in [0.5, 0.6) is 0 Å². The average molecular weight is 448 g/mol. The summed E-state index contributed by atoms with van der Waals surface area (Å²) >= 11 is 1.49. The van der Waals surface area contributed by atoms with Crippen LogP contribution in [0.1, 0.15) is 41.6 Å². The van der Waals surface area contributed by atoms with Gasteiger partial charge in [0, 0.05) is 29.5 Å². The average Bonchev–Trinajstić information content (AvgIpc) is 3.37. The third kappa shape index (κ3) is 5.39. The molecule has 0 radical (unpaired) electrons. The molecule has 0 saturated heterocycles. The number of aryl methyl sites for hydroxylation is 1. The Balaban J connectivity index is 1.21. The van der Waals surface area contributed by atoms with E-state index in [1.807, 2.05) is 23.6 Å². The van der Waals surface area contributed by atoms with Crippen LogP contribution in [0.4, 0.5) is 5.95 Å². The van der Waals surface area contributed by atoms with Gasteiger partial charge in [-0.25, -0.2) is 4.52 Å². The minimum absolute atomic E-state index is 0.0702. The smallest absolute Gasteiger partial charge is 0.251 e. The van der Waals surface area contributed by atoms with Gasteiger partial charge >= 0.3 is 0 Å². The Morgan fingerprint density at radius 2 is 1.78 bits per heavy atom. The van der Waals surface area contributed by atoms with Crippen LogP contribution in [0.2, 0.25) is 0 Å². The van der Waals surface area contributed by atoms with Gasteiger partial charge in [-0.1, -0.05) is 54.4 Å². The van der Waals surface area contributed by atoms with Gasteiger partial charge in [-0.3, -0.25) is 14.9 Å². The number of hydrogen-bond donors (Lipinski definition) is 2. The van der Waals surface area contributed by atoms with E-state index in [1.165, 1.54) is 16.9 Å². The second-order valence-corrected chi connectivity index (χ2v) is 8.43. The van der Waals surface area contributed by atoms with Gasteiger partial charge < -0.3 is 5.32 Å². The number of amides is 2. The number of unbranched alkanes of at least 4 members (excludes halogenated alkanes) is 2. The molecule has 0 bridgehead atoms. The van der Waals surface area contributed by atoms with E-state index in [4.69, 9.17) is 0 Å². The molecule has 0 aliphatic rings. The molecule has 0 fully saturated rings. The summed E-state index contributed by atoms with van der Waals surface area (Å²) in [6, 6.07) is 17.4. The van der Waals surface area contributed by atoms with Crippen molar-refractivity contribution in [2.24, 2.45) is 0 Å². The highest BCUT2D eigenvalue weighted by atomic mass is 32.1. The lowest BCUT2D eigenvalue weighted by Crippen LogP contribution is -2.24. The first kappa shape index (κ1) is 21.7. The maximum atomic E-state index is 12.3. The Hall–Kier alpha value is -3.52. The number of thiazole rings is 1. The fourth-order valence-corrected chi connectivity index (χ4v) is 4.16. The third-order valence-electron chi connectivity index (χ3n) is 5.08. The number of anilines is 1. The molecule has 4 rings (SSSR count). The van der Waals surface area contributed by atoms with E-state index in [9.17, 15) is 9.59 Å². The van der Waals surface area contributed by atoms with Crippen LogP contribution >= 0.6 is 11.3 Å².